The van der Waals surface area contributed by atoms with Gasteiger partial charge in [-0.1, -0.05) is 139 Å². The molecule has 10 heteroatoms. The molecule has 53 heavy (non-hydrogen) atoms. The standard InChI is InChI=1S/C43H56ClNO8/c1-4-5-6-7-8-9-10-11-12-13-14-15-16-17-18-23-28-52-38-27-22-19-24-35(38)39(46)40(41(47)45-37-26-21-20-25-36(37)44)53-34-30-32(42(48)50-2)29-33(31-34)43(49)51-3/h19-22,24-27,29-31,40H,4-18,23,28H2,1-3H3,(H,45,47)/t40-/m0/s1. The van der Waals surface area contributed by atoms with Crippen LogP contribution in [0.2, 0.25) is 5.02 Å². The Balaban J connectivity index is 1.59. The molecule has 3 aromatic carbocycles. The molecule has 1 amide bonds. The number of carbonyl (C=O) groups is 4. The second kappa shape index (κ2) is 24.8. The zero-order chi connectivity index (χ0) is 38.3. The van der Waals surface area contributed by atoms with Crippen LogP contribution in [0.5, 0.6) is 11.5 Å². The van der Waals surface area contributed by atoms with Gasteiger partial charge in [-0.3, -0.25) is 9.59 Å². The van der Waals surface area contributed by atoms with Crippen LogP contribution in [-0.4, -0.2) is 50.6 Å². The number of unbranched alkanes of at least 4 members (excludes halogenated alkanes) is 15. The maximum atomic E-state index is 14.1. The molecule has 0 unspecified atom stereocenters. The second-order valence-corrected chi connectivity index (χ2v) is 13.6. The van der Waals surface area contributed by atoms with Crippen LogP contribution < -0.4 is 14.8 Å². The Morgan fingerprint density at radius 1 is 0.642 bits per heavy atom. The Morgan fingerprint density at radius 2 is 1.13 bits per heavy atom. The van der Waals surface area contributed by atoms with Crippen LogP contribution in [0.4, 0.5) is 5.69 Å². The molecule has 0 spiro atoms. The van der Waals surface area contributed by atoms with Gasteiger partial charge < -0.3 is 24.3 Å². The van der Waals surface area contributed by atoms with E-state index in [4.69, 9.17) is 30.5 Å². The minimum Gasteiger partial charge on any atom is -0.493 e. The van der Waals surface area contributed by atoms with Crippen LogP contribution in [0.1, 0.15) is 141 Å². The summed E-state index contributed by atoms with van der Waals surface area (Å²) in [4.78, 5) is 52.7. The molecule has 0 saturated carbocycles. The van der Waals surface area contributed by atoms with E-state index in [2.05, 4.69) is 12.2 Å². The maximum Gasteiger partial charge on any atom is 0.338 e. The summed E-state index contributed by atoms with van der Waals surface area (Å²) in [5.41, 5.74) is 0.337. The number of anilines is 1. The predicted molar refractivity (Wildman–Crippen MR) is 209 cm³/mol. The van der Waals surface area contributed by atoms with E-state index in [0.717, 1.165) is 19.3 Å². The number of ketones is 1. The molecular weight excluding hydrogens is 694 g/mol. The highest BCUT2D eigenvalue weighted by Crippen LogP contribution is 2.27. The number of Topliss-reactive ketones (excluding diaryl/α,β-unsaturated/α-hetero) is 1. The van der Waals surface area contributed by atoms with Gasteiger partial charge in [-0.2, -0.15) is 0 Å². The van der Waals surface area contributed by atoms with Gasteiger partial charge in [0.05, 0.1) is 48.2 Å². The molecule has 1 atom stereocenters. The van der Waals surface area contributed by atoms with Crippen molar-refractivity contribution < 1.29 is 38.1 Å². The molecule has 1 N–H and O–H groups in total. The van der Waals surface area contributed by atoms with E-state index in [1.54, 1.807) is 48.5 Å². The summed E-state index contributed by atoms with van der Waals surface area (Å²) < 4.78 is 21.7. The van der Waals surface area contributed by atoms with E-state index < -0.39 is 29.7 Å². The molecule has 0 radical (unpaired) electrons. The Bertz CT molecular complexity index is 1560. The molecular formula is C43H56ClNO8. The number of hydrogen-bond donors (Lipinski definition) is 1. The Hall–Kier alpha value is -4.37. The van der Waals surface area contributed by atoms with E-state index >= 15 is 0 Å². The number of carbonyl (C=O) groups excluding carboxylic acids is 4. The lowest BCUT2D eigenvalue weighted by Crippen LogP contribution is -2.40. The first kappa shape index (κ1) is 43.0. The molecule has 3 aromatic rings. The van der Waals surface area contributed by atoms with E-state index in [0.29, 0.717) is 12.4 Å². The number of rotatable bonds is 26. The lowest BCUT2D eigenvalue weighted by atomic mass is 10.0. The highest BCUT2D eigenvalue weighted by molar-refractivity contribution is 6.34. The third kappa shape index (κ3) is 15.3. The highest BCUT2D eigenvalue weighted by atomic mass is 35.5. The van der Waals surface area contributed by atoms with Gasteiger partial charge in [0.1, 0.15) is 11.5 Å². The quantitative estimate of drug-likeness (QED) is 0.0373. The average molecular weight is 750 g/mol. The monoisotopic (exact) mass is 749 g/mol. The van der Waals surface area contributed by atoms with E-state index in [1.165, 1.54) is 116 Å². The lowest BCUT2D eigenvalue weighted by Gasteiger charge is -2.20. The SMILES string of the molecule is CCCCCCCCCCCCCCCCCCOc1ccccc1C(=O)[C@H](Oc1cc(C(=O)OC)cc(C(=O)OC)c1)C(=O)Nc1ccccc1Cl. The van der Waals surface area contributed by atoms with Crippen molar-refractivity contribution in [1.29, 1.82) is 0 Å². The number of para-hydroxylation sites is 2. The molecule has 0 aliphatic heterocycles. The summed E-state index contributed by atoms with van der Waals surface area (Å²) in [6, 6.07) is 17.1. The predicted octanol–water partition coefficient (Wildman–Crippen LogP) is 10.8. The molecule has 3 rings (SSSR count). The summed E-state index contributed by atoms with van der Waals surface area (Å²) in [5.74, 6) is -2.81. The van der Waals surface area contributed by atoms with Gasteiger partial charge in [0.15, 0.2) is 0 Å². The van der Waals surface area contributed by atoms with E-state index in [9.17, 15) is 19.2 Å². The highest BCUT2D eigenvalue weighted by Gasteiger charge is 2.33. The normalized spacial score (nSPS) is 11.4. The van der Waals surface area contributed by atoms with Gasteiger partial charge in [0.25, 0.3) is 5.91 Å². The fourth-order valence-electron chi connectivity index (χ4n) is 6.03. The fourth-order valence-corrected chi connectivity index (χ4v) is 6.21. The molecule has 288 valence electrons. The Morgan fingerprint density at radius 3 is 1.66 bits per heavy atom. The van der Waals surface area contributed by atoms with Crippen molar-refractivity contribution in [3.05, 3.63) is 88.4 Å². The third-order valence-electron chi connectivity index (χ3n) is 9.02. The molecule has 9 nitrogen and oxygen atoms in total. The number of halogens is 1. The van der Waals surface area contributed by atoms with Crippen molar-refractivity contribution in [2.75, 3.05) is 26.1 Å². The summed E-state index contributed by atoms with van der Waals surface area (Å²) in [6.07, 6.45) is 18.5. The molecule has 0 aliphatic rings. The van der Waals surface area contributed by atoms with E-state index in [-0.39, 0.29) is 33.1 Å². The number of benzene rings is 3. The van der Waals surface area contributed by atoms with Gasteiger partial charge in [-0.05, 0) is 48.9 Å². The van der Waals surface area contributed by atoms with Gasteiger partial charge in [0.2, 0.25) is 11.9 Å². The Labute approximate surface area is 320 Å². The maximum absolute atomic E-state index is 14.1. The summed E-state index contributed by atoms with van der Waals surface area (Å²) in [6.45, 7) is 2.67. The van der Waals surface area contributed by atoms with Gasteiger partial charge in [0, 0.05) is 0 Å². The molecule has 0 aliphatic carbocycles. The minimum absolute atomic E-state index is 0.0364. The summed E-state index contributed by atoms with van der Waals surface area (Å²) in [5, 5.41) is 2.92. The first-order valence-corrected chi connectivity index (χ1v) is 19.5. The van der Waals surface area contributed by atoms with Gasteiger partial charge >= 0.3 is 11.9 Å². The van der Waals surface area contributed by atoms with Crippen molar-refractivity contribution in [3.8, 4) is 11.5 Å². The first-order chi connectivity index (χ1) is 25.8. The number of ether oxygens (including phenoxy) is 4. The fraction of sp³-hybridized carbons (Fsp3) is 0.488. The minimum atomic E-state index is -1.76. The van der Waals surface area contributed by atoms with Gasteiger partial charge in [-0.25, -0.2) is 9.59 Å². The van der Waals surface area contributed by atoms with Crippen LogP contribution in [0, 0.1) is 0 Å². The van der Waals surface area contributed by atoms with Crippen LogP contribution in [0.15, 0.2) is 66.7 Å². The number of nitrogens with one attached hydrogen (secondary N) is 1. The van der Waals surface area contributed by atoms with E-state index in [1.807, 2.05) is 0 Å². The van der Waals surface area contributed by atoms with Crippen molar-refractivity contribution in [1.82, 2.24) is 0 Å². The van der Waals surface area contributed by atoms with Crippen molar-refractivity contribution >= 4 is 40.9 Å². The third-order valence-corrected chi connectivity index (χ3v) is 9.35. The number of hydrogen-bond acceptors (Lipinski definition) is 8. The van der Waals surface area contributed by atoms with Crippen LogP contribution in [0.3, 0.4) is 0 Å². The molecule has 0 aromatic heterocycles. The first-order valence-electron chi connectivity index (χ1n) is 19.1. The zero-order valence-electron chi connectivity index (χ0n) is 31.6. The average Bonchev–Trinajstić information content (AvgIpc) is 3.18. The molecule has 0 saturated heterocycles. The largest absolute Gasteiger partial charge is 0.493 e. The smallest absolute Gasteiger partial charge is 0.338 e. The van der Waals surface area contributed by atoms with Crippen LogP contribution >= 0.6 is 11.6 Å². The van der Waals surface area contributed by atoms with Crippen molar-refractivity contribution in [2.24, 2.45) is 0 Å². The van der Waals surface area contributed by atoms with Crippen LogP contribution in [0.25, 0.3) is 0 Å². The second-order valence-electron chi connectivity index (χ2n) is 13.2. The lowest BCUT2D eigenvalue weighted by molar-refractivity contribution is -0.120. The topological polar surface area (TPSA) is 117 Å². The molecule has 0 heterocycles. The zero-order valence-corrected chi connectivity index (χ0v) is 32.3. The Kier molecular flexibility index (Phi) is 20.1. The van der Waals surface area contributed by atoms with Gasteiger partial charge in [-0.15, -0.1) is 0 Å². The number of amides is 1. The van der Waals surface area contributed by atoms with Crippen molar-refractivity contribution in [3.63, 3.8) is 0 Å². The molecule has 0 fully saturated rings. The summed E-state index contributed by atoms with van der Waals surface area (Å²) >= 11 is 6.30. The van der Waals surface area contributed by atoms with Crippen molar-refractivity contribution in [2.45, 2.75) is 116 Å². The summed E-state index contributed by atoms with van der Waals surface area (Å²) in [7, 11) is 2.38. The number of esters is 2. The number of methoxy groups -OCH3 is 2. The van der Waals surface area contributed by atoms with Crippen LogP contribution in [-0.2, 0) is 14.3 Å². The molecule has 0 bridgehead atoms.